The number of fused-ring (bicyclic) bond motifs is 2. The molecule has 4 N–H and O–H groups in total. The van der Waals surface area contributed by atoms with Crippen LogP contribution in [0.5, 0.6) is 0 Å². The summed E-state index contributed by atoms with van der Waals surface area (Å²) in [5.41, 5.74) is 7.05. The third-order valence-corrected chi connectivity index (χ3v) is 15.5. The number of H-pyrrole nitrogens is 2. The third-order valence-electron chi connectivity index (χ3n) is 12.0. The lowest BCUT2D eigenvalue weighted by Crippen LogP contribution is -2.26. The van der Waals surface area contributed by atoms with Crippen LogP contribution in [0.1, 0.15) is 60.8 Å². The van der Waals surface area contributed by atoms with Gasteiger partial charge in [-0.2, -0.15) is 0 Å². The van der Waals surface area contributed by atoms with Crippen LogP contribution in [0.2, 0.25) is 0 Å². The lowest BCUT2D eigenvalue weighted by Gasteiger charge is -2.18. The minimum atomic E-state index is -3.25. The third kappa shape index (κ3) is 12.7. The summed E-state index contributed by atoms with van der Waals surface area (Å²) in [5.74, 6) is -1.89. The fourth-order valence-corrected chi connectivity index (χ4v) is 10.9. The number of hydrogen-bond acceptors (Lipinski definition) is 8. The molecule has 0 spiro atoms. The van der Waals surface area contributed by atoms with Crippen LogP contribution in [0.15, 0.2) is 119 Å². The molecule has 2 saturated heterocycles. The van der Waals surface area contributed by atoms with Crippen LogP contribution in [-0.2, 0) is 54.9 Å². The number of carboxylic acid groups (broad SMARTS) is 2. The number of likely N-dealkylation sites (tertiary alicyclic amines) is 2. The number of hydrogen-bond donors (Lipinski definition) is 4. The van der Waals surface area contributed by atoms with E-state index in [0.717, 1.165) is 35.0 Å². The van der Waals surface area contributed by atoms with Gasteiger partial charge in [-0.05, 0) is 149 Å². The number of aromatic amines is 2. The predicted molar refractivity (Wildman–Crippen MR) is 244 cm³/mol. The SMILES string of the molecule is CN1CCC[C@@H]1Cc1c[nH]c2ccc(CCS(=O)(=O)c3ccccc3)cc12.CN1CCC[C@@H]1Cc1c[nH]c2ccc(CCS(=O)(=O)c3ccccc3)cc12.O=C(O)CCC(=O)O. The summed E-state index contributed by atoms with van der Waals surface area (Å²) in [7, 11) is -2.10. The molecule has 0 unspecified atom stereocenters. The first-order chi connectivity index (χ1) is 29.7. The highest BCUT2D eigenvalue weighted by Gasteiger charge is 2.24. The molecule has 0 radical (unpaired) electrons. The fraction of sp³-hybridized carbons (Fsp3) is 0.375. The number of aryl methyl sites for hydroxylation is 2. The highest BCUT2D eigenvalue weighted by atomic mass is 32.2. The van der Waals surface area contributed by atoms with E-state index >= 15 is 0 Å². The first-order valence-corrected chi connectivity index (χ1v) is 24.6. The van der Waals surface area contributed by atoms with Gasteiger partial charge in [-0.1, -0.05) is 48.5 Å². The zero-order valence-electron chi connectivity index (χ0n) is 35.5. The number of nitrogens with zero attached hydrogens (tertiary/aromatic N) is 2. The summed E-state index contributed by atoms with van der Waals surface area (Å²) in [6, 6.07) is 31.2. The Morgan fingerprint density at radius 1 is 0.597 bits per heavy atom. The van der Waals surface area contributed by atoms with Crippen LogP contribution in [-0.4, -0.2) is 110 Å². The topological polar surface area (TPSA) is 181 Å². The molecule has 2 atom stereocenters. The second kappa shape index (κ2) is 21.2. The van der Waals surface area contributed by atoms with Gasteiger partial charge in [0.15, 0.2) is 19.7 Å². The van der Waals surface area contributed by atoms with Gasteiger partial charge in [0.05, 0.1) is 34.1 Å². The van der Waals surface area contributed by atoms with Gasteiger partial charge in [-0.15, -0.1) is 0 Å². The van der Waals surface area contributed by atoms with Gasteiger partial charge >= 0.3 is 11.9 Å². The zero-order chi connectivity index (χ0) is 44.3. The molecule has 2 aromatic heterocycles. The number of benzene rings is 4. The zero-order valence-corrected chi connectivity index (χ0v) is 37.1. The molecule has 330 valence electrons. The van der Waals surface area contributed by atoms with Crippen molar-refractivity contribution in [2.45, 2.75) is 86.1 Å². The summed E-state index contributed by atoms with van der Waals surface area (Å²) in [4.78, 5) is 31.7. The number of sulfone groups is 2. The molecule has 6 aromatic rings. The maximum Gasteiger partial charge on any atom is 0.303 e. The molecule has 0 bridgehead atoms. The lowest BCUT2D eigenvalue weighted by molar-refractivity contribution is -0.143. The number of rotatable bonds is 15. The van der Waals surface area contributed by atoms with Crippen LogP contribution >= 0.6 is 0 Å². The van der Waals surface area contributed by atoms with E-state index in [0.29, 0.717) is 34.7 Å². The Labute approximate surface area is 364 Å². The summed E-state index contributed by atoms with van der Waals surface area (Å²) >= 11 is 0. The normalized spacial score (nSPS) is 17.1. The van der Waals surface area contributed by atoms with Crippen molar-refractivity contribution in [2.75, 3.05) is 38.7 Å². The Hall–Kier alpha value is -5.28. The van der Waals surface area contributed by atoms with Gasteiger partial charge in [0.25, 0.3) is 0 Å². The summed E-state index contributed by atoms with van der Waals surface area (Å²) in [6.45, 7) is 2.35. The van der Waals surface area contributed by atoms with Gasteiger partial charge < -0.3 is 30.0 Å². The van der Waals surface area contributed by atoms with E-state index in [1.165, 1.54) is 60.7 Å². The van der Waals surface area contributed by atoms with E-state index in [-0.39, 0.29) is 24.3 Å². The number of carboxylic acids is 2. The van der Waals surface area contributed by atoms with E-state index in [2.05, 4.69) is 70.5 Å². The molecule has 12 nitrogen and oxygen atoms in total. The van der Waals surface area contributed by atoms with E-state index in [1.807, 2.05) is 24.3 Å². The first kappa shape index (κ1) is 46.2. The van der Waals surface area contributed by atoms with E-state index in [1.54, 1.807) is 48.5 Å². The van der Waals surface area contributed by atoms with Crippen molar-refractivity contribution in [3.8, 4) is 0 Å². The monoisotopic (exact) mass is 882 g/mol. The minimum absolute atomic E-state index is 0.133. The second-order valence-electron chi connectivity index (χ2n) is 16.4. The van der Waals surface area contributed by atoms with E-state index in [9.17, 15) is 26.4 Å². The molecule has 8 rings (SSSR count). The van der Waals surface area contributed by atoms with Crippen LogP contribution in [0.4, 0.5) is 0 Å². The lowest BCUT2D eigenvalue weighted by atomic mass is 10.0. The van der Waals surface area contributed by atoms with Gasteiger partial charge in [0.2, 0.25) is 0 Å². The molecule has 0 saturated carbocycles. The van der Waals surface area contributed by atoms with Crippen molar-refractivity contribution in [3.05, 3.63) is 132 Å². The number of likely N-dealkylation sites (N-methyl/N-ethyl adjacent to an activating group) is 2. The van der Waals surface area contributed by atoms with Gasteiger partial charge in [0.1, 0.15) is 0 Å². The van der Waals surface area contributed by atoms with Crippen molar-refractivity contribution >= 4 is 53.4 Å². The van der Waals surface area contributed by atoms with Crippen molar-refractivity contribution in [3.63, 3.8) is 0 Å². The van der Waals surface area contributed by atoms with Crippen LogP contribution in [0.3, 0.4) is 0 Å². The molecule has 14 heteroatoms. The molecule has 2 fully saturated rings. The maximum atomic E-state index is 12.5. The molecule has 2 aliphatic rings. The Bertz CT molecular complexity index is 2460. The van der Waals surface area contributed by atoms with Crippen molar-refractivity contribution in [1.29, 1.82) is 0 Å². The average Bonchev–Trinajstić information content (AvgIpc) is 4.08. The summed E-state index contributed by atoms with van der Waals surface area (Å²) in [6.07, 6.45) is 11.8. The van der Waals surface area contributed by atoms with Gasteiger partial charge in [0, 0.05) is 46.3 Å². The Morgan fingerprint density at radius 2 is 0.984 bits per heavy atom. The maximum absolute atomic E-state index is 12.5. The molecule has 4 aromatic carbocycles. The number of nitrogens with one attached hydrogen (secondary N) is 2. The standard InChI is InChI=1S/2C22H26N2O2S.C4H6O4/c2*1-24-12-5-6-19(24)15-18-16-23-22-10-9-17(14-21(18)22)11-13-27(25,26)20-7-3-2-4-8-20;5-3(6)1-2-4(7)8/h2*2-4,7-10,14,16,19,23H,5-6,11-13,15H2,1H3;1-2H2,(H,5,6)(H,7,8)/t2*19-;/m11./s1. The molecular weight excluding hydrogens is 825 g/mol. The molecule has 62 heavy (non-hydrogen) atoms. The van der Waals surface area contributed by atoms with Crippen molar-refractivity contribution in [1.82, 2.24) is 19.8 Å². The van der Waals surface area contributed by atoms with Gasteiger partial charge in [-0.3, -0.25) is 9.59 Å². The molecule has 2 aliphatic heterocycles. The molecular formula is C48H58N4O8S2. The first-order valence-electron chi connectivity index (χ1n) is 21.3. The Balaban J connectivity index is 0.000000176. The number of aliphatic carboxylic acids is 2. The average molecular weight is 883 g/mol. The molecule has 0 amide bonds. The molecule has 0 aliphatic carbocycles. The predicted octanol–water partition coefficient (Wildman–Crippen LogP) is 7.58. The number of aromatic nitrogens is 2. The smallest absolute Gasteiger partial charge is 0.303 e. The van der Waals surface area contributed by atoms with Crippen molar-refractivity contribution in [2.24, 2.45) is 0 Å². The van der Waals surface area contributed by atoms with Crippen LogP contribution in [0, 0.1) is 0 Å². The Kier molecular flexibility index (Phi) is 15.8. The van der Waals surface area contributed by atoms with E-state index < -0.39 is 31.6 Å². The van der Waals surface area contributed by atoms with Crippen LogP contribution in [0.25, 0.3) is 21.8 Å². The Morgan fingerprint density at radius 3 is 1.32 bits per heavy atom. The van der Waals surface area contributed by atoms with E-state index in [4.69, 9.17) is 10.2 Å². The minimum Gasteiger partial charge on any atom is -0.481 e. The second-order valence-corrected chi connectivity index (χ2v) is 20.6. The van der Waals surface area contributed by atoms with Crippen LogP contribution < -0.4 is 0 Å². The molecule has 4 heterocycles. The largest absolute Gasteiger partial charge is 0.481 e. The highest BCUT2D eigenvalue weighted by Crippen LogP contribution is 2.28. The summed E-state index contributed by atoms with van der Waals surface area (Å²) < 4.78 is 50.2. The quantitative estimate of drug-likeness (QED) is 0.0803. The number of carbonyl (C=O) groups is 2. The van der Waals surface area contributed by atoms with Crippen molar-refractivity contribution < 1.29 is 36.6 Å². The highest BCUT2D eigenvalue weighted by molar-refractivity contribution is 7.91. The fourth-order valence-electron chi connectivity index (χ4n) is 8.29. The van der Waals surface area contributed by atoms with Gasteiger partial charge in [-0.25, -0.2) is 16.8 Å². The summed E-state index contributed by atoms with van der Waals surface area (Å²) in [5, 5.41) is 18.3.